The lowest BCUT2D eigenvalue weighted by Gasteiger charge is -2.33. The van der Waals surface area contributed by atoms with Crippen LogP contribution in [0.1, 0.15) is 17.2 Å². The van der Waals surface area contributed by atoms with Gasteiger partial charge in [-0.25, -0.2) is 0 Å². The van der Waals surface area contributed by atoms with Crippen molar-refractivity contribution in [3.8, 4) is 11.1 Å². The molecular weight excluding hydrogens is 361 g/mol. The summed E-state index contributed by atoms with van der Waals surface area (Å²) >= 11 is 0. The van der Waals surface area contributed by atoms with Crippen LogP contribution in [0.5, 0.6) is 0 Å². The second-order valence-electron chi connectivity index (χ2n) is 6.16. The summed E-state index contributed by atoms with van der Waals surface area (Å²) in [5, 5.41) is 3.33. The van der Waals surface area contributed by atoms with Crippen LogP contribution in [-0.4, -0.2) is 31.1 Å². The monoisotopic (exact) mass is 382 g/mol. The van der Waals surface area contributed by atoms with Crippen LogP contribution in [0.3, 0.4) is 0 Å². The van der Waals surface area contributed by atoms with Gasteiger partial charge >= 0.3 is 6.18 Å². The van der Waals surface area contributed by atoms with Gasteiger partial charge in [-0.15, -0.1) is 19.0 Å². The second-order valence-corrected chi connectivity index (χ2v) is 6.16. The van der Waals surface area contributed by atoms with Crippen LogP contribution in [0.25, 0.3) is 11.1 Å². The van der Waals surface area contributed by atoms with E-state index in [1.807, 2.05) is 30.3 Å². The molecule has 1 saturated heterocycles. The first kappa shape index (κ1) is 20.5. The Kier molecular flexibility index (Phi) is 6.87. The van der Waals surface area contributed by atoms with Crippen molar-refractivity contribution in [2.24, 2.45) is 0 Å². The smallest absolute Gasteiger partial charge is 0.314 e. The van der Waals surface area contributed by atoms with Gasteiger partial charge in [0, 0.05) is 26.2 Å². The van der Waals surface area contributed by atoms with Crippen LogP contribution >= 0.6 is 12.4 Å². The summed E-state index contributed by atoms with van der Waals surface area (Å²) in [5.74, 6) is 0. The molecule has 0 aromatic heterocycles. The van der Waals surface area contributed by atoms with Crippen molar-refractivity contribution >= 4 is 12.4 Å². The molecule has 0 radical (unpaired) electrons. The molecule has 0 spiro atoms. The molecule has 1 aliphatic heterocycles. The number of alkyl halides is 3. The average Bonchev–Trinajstić information content (AvgIpc) is 2.63. The Balaban J connectivity index is 0.00000243. The Hall–Kier alpha value is -1.82. The van der Waals surface area contributed by atoms with Gasteiger partial charge in [-0.1, -0.05) is 42.5 Å². The molecule has 26 heavy (non-hydrogen) atoms. The summed E-state index contributed by atoms with van der Waals surface area (Å²) in [6.45, 7) is 7.83. The van der Waals surface area contributed by atoms with Crippen LogP contribution < -0.4 is 5.32 Å². The molecule has 3 rings (SSSR count). The number of benzene rings is 2. The van der Waals surface area contributed by atoms with Crippen LogP contribution in [0, 0.1) is 0 Å². The van der Waals surface area contributed by atoms with Gasteiger partial charge in [0.05, 0.1) is 11.6 Å². The fourth-order valence-corrected chi connectivity index (χ4v) is 3.18. The van der Waals surface area contributed by atoms with Crippen molar-refractivity contribution in [2.75, 3.05) is 26.2 Å². The van der Waals surface area contributed by atoms with Gasteiger partial charge in [0.25, 0.3) is 0 Å². The first-order valence-electron chi connectivity index (χ1n) is 8.34. The largest absolute Gasteiger partial charge is 0.416 e. The quantitative estimate of drug-likeness (QED) is 0.754. The van der Waals surface area contributed by atoms with E-state index in [0.717, 1.165) is 55.0 Å². The minimum atomic E-state index is -4.30. The van der Waals surface area contributed by atoms with Crippen LogP contribution in [0.2, 0.25) is 0 Å². The highest BCUT2D eigenvalue weighted by Crippen LogP contribution is 2.31. The summed E-state index contributed by atoms with van der Waals surface area (Å²) in [7, 11) is 0. The number of halogens is 4. The van der Waals surface area contributed by atoms with Crippen molar-refractivity contribution in [2.45, 2.75) is 12.2 Å². The molecular formula is C20H22ClF3N2. The van der Waals surface area contributed by atoms with Crippen molar-refractivity contribution in [1.82, 2.24) is 10.2 Å². The van der Waals surface area contributed by atoms with Gasteiger partial charge in [0.1, 0.15) is 0 Å². The lowest BCUT2D eigenvalue weighted by molar-refractivity contribution is -0.137. The summed E-state index contributed by atoms with van der Waals surface area (Å²) < 4.78 is 38.0. The van der Waals surface area contributed by atoms with E-state index in [1.165, 1.54) is 12.1 Å². The summed E-state index contributed by atoms with van der Waals surface area (Å²) in [6, 6.07) is 13.4. The van der Waals surface area contributed by atoms with E-state index in [9.17, 15) is 13.2 Å². The van der Waals surface area contributed by atoms with Crippen molar-refractivity contribution in [3.63, 3.8) is 0 Å². The zero-order valence-electron chi connectivity index (χ0n) is 14.3. The highest BCUT2D eigenvalue weighted by atomic mass is 35.5. The summed E-state index contributed by atoms with van der Waals surface area (Å²) in [6.07, 6.45) is -2.36. The molecule has 1 heterocycles. The van der Waals surface area contributed by atoms with E-state index in [0.29, 0.717) is 0 Å². The molecule has 1 N–H and O–H groups in total. The zero-order valence-corrected chi connectivity index (χ0v) is 15.1. The Morgan fingerprint density at radius 3 is 1.88 bits per heavy atom. The van der Waals surface area contributed by atoms with Crippen LogP contribution in [0.15, 0.2) is 61.2 Å². The number of rotatable bonds is 4. The Labute approximate surface area is 158 Å². The lowest BCUT2D eigenvalue weighted by Crippen LogP contribution is -2.44. The Bertz CT molecular complexity index is 705. The van der Waals surface area contributed by atoms with Gasteiger partial charge in [0.15, 0.2) is 0 Å². The summed E-state index contributed by atoms with van der Waals surface area (Å²) in [4.78, 5) is 2.37. The molecule has 2 nitrogen and oxygen atoms in total. The third kappa shape index (κ3) is 4.67. The predicted molar refractivity (Wildman–Crippen MR) is 102 cm³/mol. The molecule has 0 saturated carbocycles. The minimum Gasteiger partial charge on any atom is -0.314 e. The van der Waals surface area contributed by atoms with Crippen LogP contribution in [-0.2, 0) is 6.18 Å². The van der Waals surface area contributed by atoms with Crippen molar-refractivity contribution < 1.29 is 13.2 Å². The number of hydrogen-bond donors (Lipinski definition) is 1. The molecule has 0 unspecified atom stereocenters. The van der Waals surface area contributed by atoms with Gasteiger partial charge in [-0.3, -0.25) is 4.90 Å². The molecule has 1 aliphatic rings. The maximum atomic E-state index is 12.7. The van der Waals surface area contributed by atoms with Crippen molar-refractivity contribution in [3.05, 3.63) is 72.3 Å². The first-order chi connectivity index (χ1) is 12.0. The molecule has 1 atom stereocenters. The molecule has 0 bridgehead atoms. The maximum absolute atomic E-state index is 12.7. The fraction of sp³-hybridized carbons (Fsp3) is 0.300. The summed E-state index contributed by atoms with van der Waals surface area (Å²) in [5.41, 5.74) is 2.20. The van der Waals surface area contributed by atoms with E-state index in [4.69, 9.17) is 0 Å². The SMILES string of the molecule is C=C[C@@H](c1ccc(-c2ccc(C(F)(F)F)cc2)cc1)N1CCNCC1.Cl. The predicted octanol–water partition coefficient (Wildman–Crippen LogP) is 4.93. The zero-order chi connectivity index (χ0) is 17.9. The van der Waals surface area contributed by atoms with Gasteiger partial charge in [-0.05, 0) is 28.8 Å². The molecule has 1 fully saturated rings. The number of hydrogen-bond acceptors (Lipinski definition) is 2. The van der Waals surface area contributed by atoms with Gasteiger partial charge < -0.3 is 5.32 Å². The molecule has 0 amide bonds. The lowest BCUT2D eigenvalue weighted by atomic mass is 9.99. The van der Waals surface area contributed by atoms with Gasteiger partial charge in [-0.2, -0.15) is 13.2 Å². The van der Waals surface area contributed by atoms with Crippen molar-refractivity contribution in [1.29, 1.82) is 0 Å². The van der Waals surface area contributed by atoms with E-state index >= 15 is 0 Å². The number of piperazine rings is 1. The third-order valence-corrected chi connectivity index (χ3v) is 4.57. The van der Waals surface area contributed by atoms with Gasteiger partial charge in [0.2, 0.25) is 0 Å². The van der Waals surface area contributed by atoms with E-state index in [-0.39, 0.29) is 18.4 Å². The second kappa shape index (κ2) is 8.71. The number of nitrogens with one attached hydrogen (secondary N) is 1. The Morgan fingerprint density at radius 2 is 1.42 bits per heavy atom. The van der Waals surface area contributed by atoms with E-state index in [2.05, 4.69) is 16.8 Å². The molecule has 2 aromatic rings. The molecule has 6 heteroatoms. The normalized spacial score (nSPS) is 16.6. The first-order valence-corrected chi connectivity index (χ1v) is 8.34. The van der Waals surface area contributed by atoms with Crippen LogP contribution in [0.4, 0.5) is 13.2 Å². The fourth-order valence-electron chi connectivity index (χ4n) is 3.18. The highest BCUT2D eigenvalue weighted by molar-refractivity contribution is 5.85. The third-order valence-electron chi connectivity index (χ3n) is 4.57. The maximum Gasteiger partial charge on any atom is 0.416 e. The minimum absolute atomic E-state index is 0. The average molecular weight is 383 g/mol. The topological polar surface area (TPSA) is 15.3 Å². The number of nitrogens with zero attached hydrogens (tertiary/aromatic N) is 1. The standard InChI is InChI=1S/C20H21F3N2.ClH/c1-2-19(25-13-11-24-12-14-25)17-5-3-15(4-6-17)16-7-9-18(10-8-16)20(21,22)23;/h2-10,19,24H,1,11-14H2;1H/t19-;/m0./s1. The molecule has 0 aliphatic carbocycles. The molecule has 140 valence electrons. The molecule has 2 aromatic carbocycles. The van der Waals surface area contributed by atoms with E-state index in [1.54, 1.807) is 0 Å². The Morgan fingerprint density at radius 1 is 0.923 bits per heavy atom. The highest BCUT2D eigenvalue weighted by Gasteiger charge is 2.30. The van der Waals surface area contributed by atoms with E-state index < -0.39 is 11.7 Å².